The van der Waals surface area contributed by atoms with E-state index in [1.807, 2.05) is 35.2 Å². The molecule has 1 saturated heterocycles. The smallest absolute Gasteiger partial charge is 0.222 e. The Bertz CT molecular complexity index is 650. The molecule has 1 unspecified atom stereocenters. The minimum Gasteiger partial charge on any atom is -0.341 e. The van der Waals surface area contributed by atoms with Gasteiger partial charge in [-0.3, -0.25) is 4.79 Å². The summed E-state index contributed by atoms with van der Waals surface area (Å²) in [6.45, 7) is 5.90. The maximum atomic E-state index is 12.3. The predicted molar refractivity (Wildman–Crippen MR) is 89.8 cm³/mol. The Morgan fingerprint density at radius 1 is 1.30 bits per heavy atom. The van der Waals surface area contributed by atoms with Crippen LogP contribution in [0.25, 0.3) is 11.4 Å². The Morgan fingerprint density at radius 3 is 2.83 bits per heavy atom. The molecule has 3 rings (SSSR count). The molecule has 1 fully saturated rings. The van der Waals surface area contributed by atoms with Gasteiger partial charge >= 0.3 is 0 Å². The van der Waals surface area contributed by atoms with E-state index in [0.717, 1.165) is 37.3 Å². The van der Waals surface area contributed by atoms with Crippen LogP contribution in [0.15, 0.2) is 36.7 Å². The number of amides is 1. The van der Waals surface area contributed by atoms with Gasteiger partial charge in [0.15, 0.2) is 5.82 Å². The molecule has 1 aliphatic rings. The van der Waals surface area contributed by atoms with Gasteiger partial charge in [-0.2, -0.15) is 0 Å². The highest BCUT2D eigenvalue weighted by molar-refractivity contribution is 5.76. The van der Waals surface area contributed by atoms with Crippen LogP contribution in [0.1, 0.15) is 39.2 Å². The van der Waals surface area contributed by atoms with E-state index >= 15 is 0 Å². The van der Waals surface area contributed by atoms with Gasteiger partial charge in [0, 0.05) is 25.1 Å². The number of hydrogen-bond donors (Lipinski definition) is 0. The zero-order valence-electron chi connectivity index (χ0n) is 13.9. The van der Waals surface area contributed by atoms with Gasteiger partial charge in [0.25, 0.3) is 0 Å². The van der Waals surface area contributed by atoms with Crippen LogP contribution in [-0.4, -0.2) is 38.7 Å². The van der Waals surface area contributed by atoms with E-state index in [-0.39, 0.29) is 11.9 Å². The Hall–Kier alpha value is -2.17. The average Bonchev–Trinajstić information content (AvgIpc) is 3.22. The first-order valence-electron chi connectivity index (χ1n) is 8.38. The van der Waals surface area contributed by atoms with Crippen LogP contribution in [0.2, 0.25) is 0 Å². The summed E-state index contributed by atoms with van der Waals surface area (Å²) in [6.07, 6.45) is 4.36. The minimum atomic E-state index is 0.267. The van der Waals surface area contributed by atoms with E-state index in [0.29, 0.717) is 12.3 Å². The van der Waals surface area contributed by atoms with Gasteiger partial charge in [-0.05, 0) is 18.8 Å². The zero-order chi connectivity index (χ0) is 16.2. The number of benzene rings is 1. The Labute approximate surface area is 137 Å². The molecule has 0 saturated carbocycles. The van der Waals surface area contributed by atoms with Crippen molar-refractivity contribution >= 4 is 5.91 Å². The quantitative estimate of drug-likeness (QED) is 0.852. The Morgan fingerprint density at radius 2 is 2.09 bits per heavy atom. The summed E-state index contributed by atoms with van der Waals surface area (Å²) in [6, 6.07) is 10.4. The highest BCUT2D eigenvalue weighted by atomic mass is 16.2. The van der Waals surface area contributed by atoms with Crippen LogP contribution >= 0.6 is 0 Å². The van der Waals surface area contributed by atoms with E-state index < -0.39 is 0 Å². The third kappa shape index (κ3) is 3.60. The lowest BCUT2D eigenvalue weighted by atomic mass is 10.1. The number of hydrogen-bond acceptors (Lipinski definition) is 3. The van der Waals surface area contributed by atoms with Crippen molar-refractivity contribution in [2.75, 3.05) is 13.1 Å². The number of aromatic nitrogens is 3. The molecule has 122 valence electrons. The third-order valence-electron chi connectivity index (χ3n) is 4.45. The molecule has 1 atom stereocenters. The van der Waals surface area contributed by atoms with Gasteiger partial charge < -0.3 is 9.47 Å². The number of carbonyl (C=O) groups is 1. The molecule has 1 aromatic heterocycles. The first-order valence-corrected chi connectivity index (χ1v) is 8.38. The number of rotatable bonds is 5. The molecule has 2 heterocycles. The van der Waals surface area contributed by atoms with E-state index in [2.05, 4.69) is 28.6 Å². The van der Waals surface area contributed by atoms with Gasteiger partial charge in [0.2, 0.25) is 5.91 Å². The van der Waals surface area contributed by atoms with Gasteiger partial charge in [-0.25, -0.2) is 0 Å². The molecular formula is C18H24N4O. The summed E-state index contributed by atoms with van der Waals surface area (Å²) in [7, 11) is 0. The van der Waals surface area contributed by atoms with E-state index in [1.165, 1.54) is 0 Å². The molecular weight excluding hydrogens is 288 g/mol. The lowest BCUT2D eigenvalue weighted by Gasteiger charge is -2.18. The standard InChI is InChI=1S/C18H24N4O/c1-14(2)8-9-17(23)21-11-10-16(12-21)22-13-19-20-18(22)15-6-4-3-5-7-15/h3-7,13-14,16H,8-12H2,1-2H3. The van der Waals surface area contributed by atoms with Crippen molar-refractivity contribution in [2.24, 2.45) is 5.92 Å². The highest BCUT2D eigenvalue weighted by Gasteiger charge is 2.28. The largest absolute Gasteiger partial charge is 0.341 e. The maximum Gasteiger partial charge on any atom is 0.222 e. The van der Waals surface area contributed by atoms with Crippen molar-refractivity contribution in [1.82, 2.24) is 19.7 Å². The second-order valence-electron chi connectivity index (χ2n) is 6.64. The molecule has 1 aliphatic heterocycles. The fourth-order valence-corrected chi connectivity index (χ4v) is 3.07. The molecule has 0 aliphatic carbocycles. The zero-order valence-corrected chi connectivity index (χ0v) is 13.9. The normalized spacial score (nSPS) is 17.9. The minimum absolute atomic E-state index is 0.267. The lowest BCUT2D eigenvalue weighted by molar-refractivity contribution is -0.130. The first-order chi connectivity index (χ1) is 11.1. The number of likely N-dealkylation sites (tertiary alicyclic amines) is 1. The topological polar surface area (TPSA) is 51.0 Å². The van der Waals surface area contributed by atoms with Crippen LogP contribution in [0, 0.1) is 5.92 Å². The molecule has 0 spiro atoms. The Balaban J connectivity index is 1.68. The molecule has 2 aromatic rings. The van der Waals surface area contributed by atoms with Crippen LogP contribution in [-0.2, 0) is 4.79 Å². The number of carbonyl (C=O) groups excluding carboxylic acids is 1. The van der Waals surface area contributed by atoms with Gasteiger partial charge in [-0.15, -0.1) is 10.2 Å². The first kappa shape index (κ1) is 15.7. The van der Waals surface area contributed by atoms with E-state index in [1.54, 1.807) is 6.33 Å². The van der Waals surface area contributed by atoms with Crippen molar-refractivity contribution in [3.63, 3.8) is 0 Å². The Kier molecular flexibility index (Phi) is 4.74. The average molecular weight is 312 g/mol. The van der Waals surface area contributed by atoms with Crippen LogP contribution in [0.5, 0.6) is 0 Å². The maximum absolute atomic E-state index is 12.3. The SMILES string of the molecule is CC(C)CCC(=O)N1CCC(n2cnnc2-c2ccccc2)C1. The fraction of sp³-hybridized carbons (Fsp3) is 0.500. The molecule has 23 heavy (non-hydrogen) atoms. The molecule has 0 N–H and O–H groups in total. The van der Waals surface area contributed by atoms with Crippen molar-refractivity contribution in [3.8, 4) is 11.4 Å². The number of nitrogens with zero attached hydrogens (tertiary/aromatic N) is 4. The van der Waals surface area contributed by atoms with Crippen LogP contribution < -0.4 is 0 Å². The van der Waals surface area contributed by atoms with Crippen molar-refractivity contribution in [1.29, 1.82) is 0 Å². The van der Waals surface area contributed by atoms with E-state index in [4.69, 9.17) is 0 Å². The summed E-state index contributed by atoms with van der Waals surface area (Å²) in [5.74, 6) is 1.72. The second-order valence-corrected chi connectivity index (χ2v) is 6.64. The summed E-state index contributed by atoms with van der Waals surface area (Å²) in [5.41, 5.74) is 1.06. The predicted octanol–water partition coefficient (Wildman–Crippen LogP) is 3.15. The van der Waals surface area contributed by atoms with E-state index in [9.17, 15) is 4.79 Å². The summed E-state index contributed by atoms with van der Waals surface area (Å²) >= 11 is 0. The van der Waals surface area contributed by atoms with Crippen molar-refractivity contribution < 1.29 is 4.79 Å². The fourth-order valence-electron chi connectivity index (χ4n) is 3.07. The van der Waals surface area contributed by atoms with Crippen LogP contribution in [0.4, 0.5) is 0 Å². The van der Waals surface area contributed by atoms with Crippen molar-refractivity contribution in [3.05, 3.63) is 36.7 Å². The second kappa shape index (κ2) is 6.94. The van der Waals surface area contributed by atoms with Crippen molar-refractivity contribution in [2.45, 2.75) is 39.2 Å². The van der Waals surface area contributed by atoms with Gasteiger partial charge in [0.05, 0.1) is 6.04 Å². The summed E-state index contributed by atoms with van der Waals surface area (Å²) in [4.78, 5) is 14.3. The van der Waals surface area contributed by atoms with Gasteiger partial charge in [-0.1, -0.05) is 44.2 Å². The van der Waals surface area contributed by atoms with Gasteiger partial charge in [0.1, 0.15) is 6.33 Å². The monoisotopic (exact) mass is 312 g/mol. The highest BCUT2D eigenvalue weighted by Crippen LogP contribution is 2.27. The summed E-state index contributed by atoms with van der Waals surface area (Å²) in [5, 5.41) is 8.35. The lowest BCUT2D eigenvalue weighted by Crippen LogP contribution is -2.29. The molecule has 0 radical (unpaired) electrons. The summed E-state index contributed by atoms with van der Waals surface area (Å²) < 4.78 is 2.12. The molecule has 5 nitrogen and oxygen atoms in total. The molecule has 1 amide bonds. The van der Waals surface area contributed by atoms with Crippen LogP contribution in [0.3, 0.4) is 0 Å². The third-order valence-corrected chi connectivity index (χ3v) is 4.45. The molecule has 5 heteroatoms. The molecule has 0 bridgehead atoms. The molecule has 1 aromatic carbocycles.